The molecular formula is C38H45N7O16S2. The lowest BCUT2D eigenvalue weighted by molar-refractivity contribution is -0.387. The average molecular weight is 920 g/mol. The summed E-state index contributed by atoms with van der Waals surface area (Å²) in [4.78, 5) is 91.0. The summed E-state index contributed by atoms with van der Waals surface area (Å²) in [6.45, 7) is 2.78. The number of nitro groups is 2. The molecule has 0 bridgehead atoms. The first kappa shape index (κ1) is 46.3. The van der Waals surface area contributed by atoms with Crippen molar-refractivity contribution in [3.8, 4) is 5.75 Å². The summed E-state index contributed by atoms with van der Waals surface area (Å²) in [6.07, 6.45) is -0.367. The van der Waals surface area contributed by atoms with E-state index in [0.717, 1.165) is 45.6 Å². The van der Waals surface area contributed by atoms with Crippen molar-refractivity contribution in [2.75, 3.05) is 19.6 Å². The van der Waals surface area contributed by atoms with E-state index in [1.54, 1.807) is 12.2 Å². The molecule has 23 nitrogen and oxygen atoms in total. The number of carbonyl (C=O) groups is 5. The highest BCUT2D eigenvalue weighted by Crippen LogP contribution is 2.46. The Labute approximate surface area is 360 Å². The maximum Gasteiger partial charge on any atom is 0.514 e. The van der Waals surface area contributed by atoms with Gasteiger partial charge in [-0.1, -0.05) is 24.3 Å². The maximum atomic E-state index is 14.8. The smallest absolute Gasteiger partial charge is 0.444 e. The van der Waals surface area contributed by atoms with Gasteiger partial charge in [-0.15, -0.1) is 0 Å². The molecule has 2 saturated carbocycles. The molecule has 2 aliphatic heterocycles. The molecule has 340 valence electrons. The van der Waals surface area contributed by atoms with Gasteiger partial charge < -0.3 is 29.7 Å². The van der Waals surface area contributed by atoms with Gasteiger partial charge in [0, 0.05) is 43.6 Å². The third-order valence-corrected chi connectivity index (χ3v) is 14.3. The molecule has 0 radical (unpaired) electrons. The number of nitrogens with one attached hydrogen (secondary N) is 3. The molecule has 0 spiro atoms. The number of alkyl carbamates (subject to hydrolysis) is 1. The van der Waals surface area contributed by atoms with Crippen LogP contribution in [-0.2, 0) is 43.9 Å². The van der Waals surface area contributed by atoms with E-state index in [0.29, 0.717) is 12.8 Å². The van der Waals surface area contributed by atoms with Gasteiger partial charge in [0.25, 0.3) is 17.3 Å². The molecule has 3 fully saturated rings. The summed E-state index contributed by atoms with van der Waals surface area (Å²) in [7, 11) is -8.92. The van der Waals surface area contributed by atoms with Crippen molar-refractivity contribution in [1.29, 1.82) is 0 Å². The minimum absolute atomic E-state index is 0.0389. The Morgan fingerprint density at radius 1 is 0.952 bits per heavy atom. The number of amides is 4. The standard InChI is InChI=1S/C38H45N7O16S2/c1-37(2,3)61-35(49)39-28-22-42(63(57,58)31-11-7-6-10-29(31)45(53)54)18-8-4-5-9-23-20-38(23,34(48)41-62(55,56)27-16-17-27)40-32(46)30-19-26(21-43(30)33(28)47)60-36(50)59-25-14-12-24(13-15-25)44(51)52/h5-7,9-15,23,26-28,30H,4,8,16-22H2,1-3H3,(H,39,49)(H,40,46)(H,41,48)/t23-,26-,28+,30+,38-/m1/s1. The Bertz CT molecular complexity index is 2440. The first-order valence-electron chi connectivity index (χ1n) is 19.7. The fourth-order valence-corrected chi connectivity index (χ4v) is 10.2. The van der Waals surface area contributed by atoms with Gasteiger partial charge in [-0.3, -0.25) is 39.3 Å². The molecule has 63 heavy (non-hydrogen) atoms. The van der Waals surface area contributed by atoms with Gasteiger partial charge in [-0.25, -0.2) is 26.4 Å². The fraction of sp³-hybridized carbons (Fsp3) is 0.500. The number of nitrogens with zero attached hydrogens (tertiary/aromatic N) is 4. The number of allylic oxidation sites excluding steroid dienone is 1. The summed E-state index contributed by atoms with van der Waals surface area (Å²) in [5.74, 6) is -4.04. The normalized spacial score (nSPS) is 24.6. The van der Waals surface area contributed by atoms with Crippen LogP contribution in [0.3, 0.4) is 0 Å². The number of hydrogen-bond donors (Lipinski definition) is 3. The van der Waals surface area contributed by atoms with Crippen molar-refractivity contribution >= 4 is 61.4 Å². The van der Waals surface area contributed by atoms with Gasteiger partial charge in [-0.05, 0) is 71.1 Å². The van der Waals surface area contributed by atoms with Crippen molar-refractivity contribution < 1.29 is 64.9 Å². The molecule has 0 aromatic heterocycles. The Hall–Kier alpha value is -6.21. The van der Waals surface area contributed by atoms with Crippen LogP contribution in [0, 0.1) is 26.1 Å². The summed E-state index contributed by atoms with van der Waals surface area (Å²) in [5.41, 5.74) is -4.00. The highest BCUT2D eigenvalue weighted by molar-refractivity contribution is 7.91. The average Bonchev–Trinajstić information content (AvgIpc) is 4.12. The summed E-state index contributed by atoms with van der Waals surface area (Å²) < 4.78 is 73.3. The number of nitro benzene ring substituents is 2. The molecule has 4 aliphatic rings. The Balaban J connectivity index is 1.38. The van der Waals surface area contributed by atoms with Gasteiger partial charge in [0.15, 0.2) is 4.90 Å². The molecule has 25 heteroatoms. The largest absolute Gasteiger partial charge is 0.514 e. The topological polar surface area (TPSA) is 310 Å². The van der Waals surface area contributed by atoms with Gasteiger partial charge >= 0.3 is 12.2 Å². The third-order valence-electron chi connectivity index (χ3n) is 10.5. The number of benzene rings is 2. The first-order valence-corrected chi connectivity index (χ1v) is 22.7. The van der Waals surface area contributed by atoms with Crippen molar-refractivity contribution in [2.24, 2.45) is 5.92 Å². The zero-order chi connectivity index (χ0) is 46.1. The molecule has 4 amide bonds. The molecule has 3 N–H and O–H groups in total. The van der Waals surface area contributed by atoms with Gasteiger partial charge in [-0.2, -0.15) is 4.31 Å². The van der Waals surface area contributed by atoms with Crippen LogP contribution in [0.2, 0.25) is 0 Å². The van der Waals surface area contributed by atoms with Crippen molar-refractivity contribution in [2.45, 2.75) is 98.8 Å². The Morgan fingerprint density at radius 2 is 1.63 bits per heavy atom. The van der Waals surface area contributed by atoms with Crippen LogP contribution < -0.4 is 20.1 Å². The lowest BCUT2D eigenvalue weighted by Gasteiger charge is -2.32. The second-order valence-corrected chi connectivity index (χ2v) is 20.3. The summed E-state index contributed by atoms with van der Waals surface area (Å²) in [5, 5.41) is 27.3. The molecular weight excluding hydrogens is 875 g/mol. The van der Waals surface area contributed by atoms with Crippen molar-refractivity contribution in [3.63, 3.8) is 0 Å². The highest BCUT2D eigenvalue weighted by atomic mass is 32.2. The molecule has 0 unspecified atom stereocenters. The number of ether oxygens (including phenoxy) is 3. The zero-order valence-electron chi connectivity index (χ0n) is 34.2. The van der Waals surface area contributed by atoms with E-state index < -0.39 is 130 Å². The number of fused-ring (bicyclic) bond motifs is 2. The van der Waals surface area contributed by atoms with Crippen LogP contribution in [-0.4, -0.2) is 120 Å². The van der Waals surface area contributed by atoms with E-state index in [4.69, 9.17) is 14.2 Å². The number of hydrogen-bond acceptors (Lipinski definition) is 16. The summed E-state index contributed by atoms with van der Waals surface area (Å²) >= 11 is 0. The predicted octanol–water partition coefficient (Wildman–Crippen LogP) is 2.41. The van der Waals surface area contributed by atoms with E-state index in [9.17, 15) is 61.0 Å². The Kier molecular flexibility index (Phi) is 13.1. The quantitative estimate of drug-likeness (QED) is 0.101. The Morgan fingerprint density at radius 3 is 2.27 bits per heavy atom. The van der Waals surface area contributed by atoms with Gasteiger partial charge in [0.05, 0.1) is 21.6 Å². The molecule has 5 atom stereocenters. The lowest BCUT2D eigenvalue weighted by atomic mass is 10.1. The van der Waals surface area contributed by atoms with Crippen LogP contribution in [0.25, 0.3) is 0 Å². The monoisotopic (exact) mass is 919 g/mol. The van der Waals surface area contributed by atoms with E-state index >= 15 is 0 Å². The zero-order valence-corrected chi connectivity index (χ0v) is 35.8. The molecule has 2 aromatic carbocycles. The lowest BCUT2D eigenvalue weighted by Crippen LogP contribution is -2.60. The number of carbonyl (C=O) groups excluding carboxylic acids is 5. The minimum Gasteiger partial charge on any atom is -0.444 e. The number of non-ortho nitro benzene ring substituents is 1. The molecule has 2 heterocycles. The van der Waals surface area contributed by atoms with Crippen molar-refractivity contribution in [1.82, 2.24) is 24.6 Å². The van der Waals surface area contributed by atoms with Crippen LogP contribution >= 0.6 is 0 Å². The molecule has 1 saturated heterocycles. The van der Waals surface area contributed by atoms with Crippen LogP contribution in [0.15, 0.2) is 65.6 Å². The van der Waals surface area contributed by atoms with E-state index in [1.807, 2.05) is 0 Å². The third kappa shape index (κ3) is 10.9. The van der Waals surface area contributed by atoms with E-state index in [2.05, 4.69) is 15.4 Å². The predicted molar refractivity (Wildman–Crippen MR) is 217 cm³/mol. The first-order chi connectivity index (χ1) is 29.5. The summed E-state index contributed by atoms with van der Waals surface area (Å²) in [6, 6.07) is 5.44. The van der Waals surface area contributed by atoms with Gasteiger partial charge in [0.1, 0.15) is 35.1 Å². The molecule has 2 aromatic rings. The van der Waals surface area contributed by atoms with Gasteiger partial charge in [0.2, 0.25) is 31.9 Å². The number of rotatable bonds is 10. The van der Waals surface area contributed by atoms with E-state index in [-0.39, 0.29) is 37.2 Å². The SMILES string of the molecule is CC(C)(C)OC(=O)N[C@H]1CN(S(=O)(=O)c2ccccc2[N+](=O)[O-])CCCC=C[C@@H]2C[C@@]2(C(=O)NS(=O)(=O)C2CC2)NC(=O)[C@@H]2C[C@@H](OC(=O)Oc3ccc([N+](=O)[O-])cc3)CN2C1=O. The second-order valence-electron chi connectivity index (χ2n) is 16.4. The van der Waals surface area contributed by atoms with Crippen LogP contribution in [0.1, 0.15) is 59.3 Å². The maximum absolute atomic E-state index is 14.8. The van der Waals surface area contributed by atoms with Crippen LogP contribution in [0.4, 0.5) is 21.0 Å². The fourth-order valence-electron chi connectivity index (χ4n) is 7.19. The van der Waals surface area contributed by atoms with E-state index in [1.165, 1.54) is 32.9 Å². The molecule has 6 rings (SSSR count). The molecule has 2 aliphatic carbocycles. The number of sulfonamides is 2. The second kappa shape index (κ2) is 17.9. The number of para-hydroxylation sites is 1. The van der Waals surface area contributed by atoms with Crippen molar-refractivity contribution in [3.05, 3.63) is 80.9 Å². The highest BCUT2D eigenvalue weighted by Gasteiger charge is 2.62. The minimum atomic E-state index is -4.82. The van der Waals surface area contributed by atoms with Crippen LogP contribution in [0.5, 0.6) is 5.75 Å².